The van der Waals surface area contributed by atoms with Crippen LogP contribution in [0.4, 0.5) is 13.2 Å². The van der Waals surface area contributed by atoms with Gasteiger partial charge in [0.05, 0.1) is 13.1 Å². The van der Waals surface area contributed by atoms with Crippen LogP contribution in [0, 0.1) is 0 Å². The summed E-state index contributed by atoms with van der Waals surface area (Å²) in [4.78, 5) is 23.1. The van der Waals surface area contributed by atoms with E-state index in [0.717, 1.165) is 4.90 Å². The van der Waals surface area contributed by atoms with E-state index in [1.54, 1.807) is 0 Å². The molecule has 0 aromatic rings. The zero-order valence-electron chi connectivity index (χ0n) is 9.76. The van der Waals surface area contributed by atoms with Crippen molar-refractivity contribution >= 4 is 11.9 Å². The smallest absolute Gasteiger partial charge is 0.401 e. The summed E-state index contributed by atoms with van der Waals surface area (Å²) in [5.74, 6) is -1.95. The minimum atomic E-state index is -4.40. The molecule has 0 radical (unpaired) electrons. The highest BCUT2D eigenvalue weighted by molar-refractivity contribution is 5.87. The van der Waals surface area contributed by atoms with Gasteiger partial charge in [-0.2, -0.15) is 13.2 Å². The maximum absolute atomic E-state index is 11.8. The summed E-state index contributed by atoms with van der Waals surface area (Å²) in [5.41, 5.74) is -1.46. The molecule has 0 saturated heterocycles. The van der Waals surface area contributed by atoms with Gasteiger partial charge in [-0.15, -0.1) is 0 Å². The van der Waals surface area contributed by atoms with Gasteiger partial charge in [-0.05, 0) is 13.8 Å². The van der Waals surface area contributed by atoms with Crippen molar-refractivity contribution < 1.29 is 27.9 Å². The Labute approximate surface area is 96.6 Å². The number of alkyl halides is 3. The minimum Gasteiger partial charge on any atom is -0.480 e. The van der Waals surface area contributed by atoms with Gasteiger partial charge >= 0.3 is 12.1 Å². The van der Waals surface area contributed by atoms with Gasteiger partial charge in [0.2, 0.25) is 5.91 Å². The first kappa shape index (κ1) is 15.7. The average molecular weight is 256 g/mol. The Balaban J connectivity index is 4.30. The van der Waals surface area contributed by atoms with Crippen LogP contribution in [0.3, 0.4) is 0 Å². The number of carboxylic acids is 1. The van der Waals surface area contributed by atoms with Crippen LogP contribution in [0.25, 0.3) is 0 Å². The lowest BCUT2D eigenvalue weighted by molar-refractivity contribution is -0.155. The Bertz CT molecular complexity index is 302. The van der Waals surface area contributed by atoms with E-state index >= 15 is 0 Å². The highest BCUT2D eigenvalue weighted by Crippen LogP contribution is 2.13. The van der Waals surface area contributed by atoms with E-state index in [-0.39, 0.29) is 0 Å². The first-order chi connectivity index (χ1) is 7.48. The molecule has 17 heavy (non-hydrogen) atoms. The van der Waals surface area contributed by atoms with Crippen molar-refractivity contribution in [3.63, 3.8) is 0 Å². The van der Waals surface area contributed by atoms with Crippen LogP contribution in [-0.2, 0) is 9.59 Å². The number of rotatable bonds is 5. The molecule has 1 amide bonds. The number of carbonyl (C=O) groups is 2. The summed E-state index contributed by atoms with van der Waals surface area (Å²) in [6.45, 7) is 0.723. The topological polar surface area (TPSA) is 69.6 Å². The van der Waals surface area contributed by atoms with E-state index in [0.29, 0.717) is 0 Å². The second kappa shape index (κ2) is 5.35. The molecule has 2 N–H and O–H groups in total. The number of aliphatic carboxylic acids is 1. The molecule has 0 unspecified atom stereocenters. The van der Waals surface area contributed by atoms with Gasteiger partial charge in [-0.1, -0.05) is 0 Å². The summed E-state index contributed by atoms with van der Waals surface area (Å²) >= 11 is 0. The van der Waals surface area contributed by atoms with E-state index in [9.17, 15) is 22.8 Å². The van der Waals surface area contributed by atoms with Crippen molar-refractivity contribution in [2.45, 2.75) is 25.6 Å². The van der Waals surface area contributed by atoms with E-state index < -0.39 is 36.7 Å². The number of hydrogen-bond donors (Lipinski definition) is 2. The molecule has 0 aliphatic carbocycles. The molecule has 0 rings (SSSR count). The summed E-state index contributed by atoms with van der Waals surface area (Å²) in [6.07, 6.45) is -4.40. The molecular weight excluding hydrogens is 241 g/mol. The number of carbonyl (C=O) groups excluding carboxylic acids is 1. The number of carboxylic acid groups (broad SMARTS) is 1. The Kier molecular flexibility index (Phi) is 4.94. The van der Waals surface area contributed by atoms with Crippen LogP contribution in [0.2, 0.25) is 0 Å². The third-order valence-corrected chi connectivity index (χ3v) is 2.34. The zero-order chi connectivity index (χ0) is 13.9. The molecule has 0 heterocycles. The van der Waals surface area contributed by atoms with Gasteiger partial charge in [0.15, 0.2) is 0 Å². The Morgan fingerprint density at radius 1 is 1.29 bits per heavy atom. The standard InChI is InChI=1S/C9H15F3N2O3/c1-8(2,7(16)17)14(3)6(15)4-13-5-9(10,11)12/h13H,4-5H2,1-3H3,(H,16,17). The maximum atomic E-state index is 11.8. The van der Waals surface area contributed by atoms with E-state index in [2.05, 4.69) is 0 Å². The second-order valence-electron chi connectivity index (χ2n) is 4.04. The fourth-order valence-electron chi connectivity index (χ4n) is 0.885. The van der Waals surface area contributed by atoms with E-state index in [1.807, 2.05) is 5.32 Å². The first-order valence-electron chi connectivity index (χ1n) is 4.76. The molecule has 0 aromatic heterocycles. The lowest BCUT2D eigenvalue weighted by Gasteiger charge is -2.31. The highest BCUT2D eigenvalue weighted by Gasteiger charge is 2.35. The largest absolute Gasteiger partial charge is 0.480 e. The van der Waals surface area contributed by atoms with Gasteiger partial charge < -0.3 is 15.3 Å². The number of nitrogens with one attached hydrogen (secondary N) is 1. The first-order valence-corrected chi connectivity index (χ1v) is 4.76. The summed E-state index contributed by atoms with van der Waals surface area (Å²) < 4.78 is 35.4. The monoisotopic (exact) mass is 256 g/mol. The lowest BCUT2D eigenvalue weighted by atomic mass is 10.0. The number of likely N-dealkylation sites (N-methyl/N-ethyl adjacent to an activating group) is 1. The summed E-state index contributed by atoms with van der Waals surface area (Å²) in [6, 6.07) is 0. The number of halogens is 3. The predicted octanol–water partition coefficient (Wildman–Crippen LogP) is 0.460. The third kappa shape index (κ3) is 5.03. The van der Waals surface area contributed by atoms with E-state index in [1.165, 1.54) is 20.9 Å². The normalized spacial score (nSPS) is 12.4. The van der Waals surface area contributed by atoms with E-state index in [4.69, 9.17) is 5.11 Å². The molecule has 0 bridgehead atoms. The predicted molar refractivity (Wildman–Crippen MR) is 53.4 cm³/mol. The van der Waals surface area contributed by atoms with Crippen LogP contribution >= 0.6 is 0 Å². The van der Waals surface area contributed by atoms with Gasteiger partial charge in [0.25, 0.3) is 0 Å². The van der Waals surface area contributed by atoms with Crippen LogP contribution in [-0.4, -0.2) is 53.7 Å². The molecule has 8 heteroatoms. The molecular formula is C9H15F3N2O3. The fourth-order valence-corrected chi connectivity index (χ4v) is 0.885. The molecule has 0 aromatic carbocycles. The molecule has 0 aliphatic heterocycles. The van der Waals surface area contributed by atoms with Crippen LogP contribution < -0.4 is 5.32 Å². The Hall–Kier alpha value is -1.31. The highest BCUT2D eigenvalue weighted by atomic mass is 19.4. The van der Waals surface area contributed by atoms with Crippen molar-refractivity contribution in [1.29, 1.82) is 0 Å². The molecule has 0 saturated carbocycles. The summed E-state index contributed by atoms with van der Waals surface area (Å²) in [5, 5.41) is 10.7. The van der Waals surface area contributed by atoms with Gasteiger partial charge in [0, 0.05) is 7.05 Å². The fraction of sp³-hybridized carbons (Fsp3) is 0.778. The van der Waals surface area contributed by atoms with Gasteiger partial charge in [-0.3, -0.25) is 4.79 Å². The third-order valence-electron chi connectivity index (χ3n) is 2.34. The lowest BCUT2D eigenvalue weighted by Crippen LogP contribution is -2.53. The molecule has 0 fully saturated rings. The Morgan fingerprint density at radius 2 is 1.76 bits per heavy atom. The number of nitrogens with zero attached hydrogens (tertiary/aromatic N) is 1. The molecule has 5 nitrogen and oxygen atoms in total. The van der Waals surface area contributed by atoms with Gasteiger partial charge in [0.1, 0.15) is 5.54 Å². The maximum Gasteiger partial charge on any atom is 0.401 e. The Morgan fingerprint density at radius 3 is 2.12 bits per heavy atom. The SMILES string of the molecule is CN(C(=O)CNCC(F)(F)F)C(C)(C)C(=O)O. The quantitative estimate of drug-likeness (QED) is 0.749. The van der Waals surface area contributed by atoms with Crippen molar-refractivity contribution in [2.24, 2.45) is 0 Å². The minimum absolute atomic E-state index is 0.563. The second-order valence-corrected chi connectivity index (χ2v) is 4.04. The van der Waals surface area contributed by atoms with Crippen LogP contribution in [0.1, 0.15) is 13.8 Å². The van der Waals surface area contributed by atoms with Crippen molar-refractivity contribution in [1.82, 2.24) is 10.2 Å². The summed E-state index contributed by atoms with van der Waals surface area (Å²) in [7, 11) is 1.23. The number of hydrogen-bond acceptors (Lipinski definition) is 3. The van der Waals surface area contributed by atoms with Crippen molar-refractivity contribution in [3.8, 4) is 0 Å². The molecule has 0 atom stereocenters. The van der Waals surface area contributed by atoms with Crippen LogP contribution in [0.15, 0.2) is 0 Å². The zero-order valence-corrected chi connectivity index (χ0v) is 9.76. The number of amides is 1. The molecule has 0 aliphatic rings. The molecule has 100 valence electrons. The van der Waals surface area contributed by atoms with Gasteiger partial charge in [-0.25, -0.2) is 4.79 Å². The van der Waals surface area contributed by atoms with Crippen molar-refractivity contribution in [3.05, 3.63) is 0 Å². The molecule has 0 spiro atoms. The van der Waals surface area contributed by atoms with Crippen LogP contribution in [0.5, 0.6) is 0 Å². The van der Waals surface area contributed by atoms with Crippen molar-refractivity contribution in [2.75, 3.05) is 20.1 Å². The average Bonchev–Trinajstić information content (AvgIpc) is 2.13.